The molecule has 0 radical (unpaired) electrons. The lowest BCUT2D eigenvalue weighted by molar-refractivity contribution is 0.0522. The van der Waals surface area contributed by atoms with E-state index in [0.717, 1.165) is 54.5 Å². The summed E-state index contributed by atoms with van der Waals surface area (Å²) in [6, 6.07) is 2.21. The van der Waals surface area contributed by atoms with Gasteiger partial charge >= 0.3 is 0 Å². The van der Waals surface area contributed by atoms with Crippen molar-refractivity contribution in [2.45, 2.75) is 91.1 Å². The molecule has 1 aromatic rings. The van der Waals surface area contributed by atoms with Crippen LogP contribution in [0.25, 0.3) is 0 Å². The number of aromatic hydroxyl groups is 1. The Morgan fingerprint density at radius 1 is 1.04 bits per heavy atom. The molecular formula is C21H31NO2. The minimum Gasteiger partial charge on any atom is -0.507 e. The lowest BCUT2D eigenvalue weighted by Gasteiger charge is -2.38. The van der Waals surface area contributed by atoms with E-state index in [9.17, 15) is 5.11 Å². The van der Waals surface area contributed by atoms with Gasteiger partial charge in [-0.1, -0.05) is 19.3 Å². The highest BCUT2D eigenvalue weighted by atomic mass is 16.5. The molecule has 3 heteroatoms. The van der Waals surface area contributed by atoms with Crippen molar-refractivity contribution in [2.75, 3.05) is 0 Å². The van der Waals surface area contributed by atoms with E-state index in [0.29, 0.717) is 12.2 Å². The summed E-state index contributed by atoms with van der Waals surface area (Å²) >= 11 is 0. The number of hydrogen-bond donors (Lipinski definition) is 1. The van der Waals surface area contributed by atoms with Crippen LogP contribution in [-0.2, 0) is 6.42 Å². The van der Waals surface area contributed by atoms with E-state index >= 15 is 0 Å². The fourth-order valence-electron chi connectivity index (χ4n) is 3.70. The fourth-order valence-corrected chi connectivity index (χ4v) is 3.70. The molecule has 132 valence electrons. The highest BCUT2D eigenvalue weighted by Gasteiger charge is 2.33. The van der Waals surface area contributed by atoms with Crippen molar-refractivity contribution < 1.29 is 9.84 Å². The lowest BCUT2D eigenvalue weighted by Crippen LogP contribution is -2.37. The number of nitrogens with zero attached hydrogens (tertiary/aromatic N) is 1. The summed E-state index contributed by atoms with van der Waals surface area (Å²) in [6.07, 6.45) is 9.53. The zero-order valence-electron chi connectivity index (χ0n) is 15.7. The summed E-state index contributed by atoms with van der Waals surface area (Å²) in [5, 5.41) is 18.8. The molecule has 1 aliphatic heterocycles. The molecule has 0 amide bonds. The van der Waals surface area contributed by atoms with E-state index in [-0.39, 0.29) is 5.60 Å². The van der Waals surface area contributed by atoms with Gasteiger partial charge in [-0.15, -0.1) is 0 Å². The van der Waals surface area contributed by atoms with Crippen LogP contribution in [0.5, 0.6) is 11.5 Å². The molecular weight excluding hydrogens is 298 g/mol. The van der Waals surface area contributed by atoms with Crippen LogP contribution in [-0.4, -0.2) is 10.7 Å². The van der Waals surface area contributed by atoms with Crippen LogP contribution >= 0.6 is 0 Å². The molecule has 1 aliphatic rings. The topological polar surface area (TPSA) is 53.2 Å². The second-order valence-corrected chi connectivity index (χ2v) is 7.51. The highest BCUT2D eigenvalue weighted by Crippen LogP contribution is 2.44. The predicted octanol–water partition coefficient (Wildman–Crippen LogP) is 5.66. The van der Waals surface area contributed by atoms with Gasteiger partial charge in [0.25, 0.3) is 0 Å². The number of hydrogen-bond acceptors (Lipinski definition) is 3. The number of rotatable bonds is 7. The first-order valence-electron chi connectivity index (χ1n) is 9.27. The molecule has 0 bridgehead atoms. The largest absolute Gasteiger partial charge is 0.507 e. The molecule has 0 fully saturated rings. The molecule has 1 aromatic carbocycles. The number of phenolic OH excluding ortho intramolecular Hbond substituents is 1. The van der Waals surface area contributed by atoms with Crippen LogP contribution in [0.2, 0.25) is 0 Å². The van der Waals surface area contributed by atoms with Gasteiger partial charge in [0.2, 0.25) is 0 Å². The van der Waals surface area contributed by atoms with Crippen molar-refractivity contribution in [3.8, 4) is 17.6 Å². The Morgan fingerprint density at radius 3 is 2.42 bits per heavy atom. The quantitative estimate of drug-likeness (QED) is 0.657. The monoisotopic (exact) mass is 329 g/mol. The van der Waals surface area contributed by atoms with Gasteiger partial charge in [0.15, 0.2) is 0 Å². The Labute approximate surface area is 146 Å². The van der Waals surface area contributed by atoms with Crippen LogP contribution in [0.1, 0.15) is 80.5 Å². The molecule has 0 spiro atoms. The predicted molar refractivity (Wildman–Crippen MR) is 97.6 cm³/mol. The fraction of sp³-hybridized carbons (Fsp3) is 0.667. The summed E-state index contributed by atoms with van der Waals surface area (Å²) < 4.78 is 6.46. The third-order valence-corrected chi connectivity index (χ3v) is 5.59. The Bertz CT molecular complexity index is 630. The molecule has 1 atom stereocenters. The first-order valence-corrected chi connectivity index (χ1v) is 9.27. The summed E-state index contributed by atoms with van der Waals surface area (Å²) in [5.74, 6) is 1.43. The number of ether oxygens (including phenoxy) is 1. The van der Waals surface area contributed by atoms with E-state index in [1.807, 2.05) is 20.8 Å². The van der Waals surface area contributed by atoms with E-state index < -0.39 is 0 Å². The summed E-state index contributed by atoms with van der Waals surface area (Å²) in [7, 11) is 0. The minimum atomic E-state index is -0.0970. The van der Waals surface area contributed by atoms with Crippen LogP contribution in [0.4, 0.5) is 0 Å². The van der Waals surface area contributed by atoms with Crippen molar-refractivity contribution in [2.24, 2.45) is 0 Å². The zero-order chi connectivity index (χ0) is 17.7. The number of phenols is 1. The maximum Gasteiger partial charge on any atom is 0.127 e. The summed E-state index contributed by atoms with van der Waals surface area (Å²) in [5.41, 5.74) is 4.08. The van der Waals surface area contributed by atoms with E-state index in [4.69, 9.17) is 10.00 Å². The maximum absolute atomic E-state index is 10.3. The van der Waals surface area contributed by atoms with E-state index in [1.54, 1.807) is 0 Å². The molecule has 0 aliphatic carbocycles. The van der Waals surface area contributed by atoms with Gasteiger partial charge in [-0.2, -0.15) is 5.26 Å². The first-order chi connectivity index (χ1) is 11.4. The molecule has 0 aromatic heterocycles. The second kappa shape index (κ2) is 7.92. The van der Waals surface area contributed by atoms with Gasteiger partial charge < -0.3 is 9.84 Å². The molecule has 0 saturated carbocycles. The SMILES string of the molecule is Cc1c(C)c2c(c(C)c1O)CC[C@@](C)(CCCCCCCC#N)O2. The lowest BCUT2D eigenvalue weighted by atomic mass is 9.84. The van der Waals surface area contributed by atoms with Gasteiger partial charge in [-0.25, -0.2) is 0 Å². The molecule has 24 heavy (non-hydrogen) atoms. The molecule has 0 unspecified atom stereocenters. The third-order valence-electron chi connectivity index (χ3n) is 5.59. The summed E-state index contributed by atoms with van der Waals surface area (Å²) in [6.45, 7) is 8.24. The highest BCUT2D eigenvalue weighted by molar-refractivity contribution is 5.58. The smallest absolute Gasteiger partial charge is 0.127 e. The van der Waals surface area contributed by atoms with Crippen molar-refractivity contribution in [3.05, 3.63) is 22.3 Å². The average molecular weight is 329 g/mol. The Morgan fingerprint density at radius 2 is 1.71 bits per heavy atom. The van der Waals surface area contributed by atoms with Crippen LogP contribution in [0.15, 0.2) is 0 Å². The van der Waals surface area contributed by atoms with Gasteiger partial charge in [0.1, 0.15) is 17.1 Å². The number of fused-ring (bicyclic) bond motifs is 1. The van der Waals surface area contributed by atoms with Gasteiger partial charge in [-0.3, -0.25) is 0 Å². The van der Waals surface area contributed by atoms with E-state index in [2.05, 4.69) is 13.0 Å². The van der Waals surface area contributed by atoms with Crippen LogP contribution < -0.4 is 4.74 Å². The van der Waals surface area contributed by atoms with E-state index in [1.165, 1.54) is 24.8 Å². The summed E-state index contributed by atoms with van der Waals surface area (Å²) in [4.78, 5) is 0. The third kappa shape index (κ3) is 4.04. The van der Waals surface area contributed by atoms with Crippen molar-refractivity contribution in [3.63, 3.8) is 0 Å². The normalized spacial score (nSPS) is 19.5. The molecule has 1 N–H and O–H groups in total. The Hall–Kier alpha value is -1.69. The molecule has 0 saturated heterocycles. The molecule has 3 nitrogen and oxygen atoms in total. The minimum absolute atomic E-state index is 0.0970. The van der Waals surface area contributed by atoms with Crippen molar-refractivity contribution in [1.82, 2.24) is 0 Å². The van der Waals surface area contributed by atoms with Crippen molar-refractivity contribution in [1.29, 1.82) is 5.26 Å². The number of unbranched alkanes of at least 4 members (excludes halogenated alkanes) is 5. The average Bonchev–Trinajstić information content (AvgIpc) is 2.57. The zero-order valence-corrected chi connectivity index (χ0v) is 15.7. The standard InChI is InChI=1S/C21H31NO2/c1-15-16(2)20-18(17(3)19(15)23)11-13-21(4,24-20)12-9-7-5-6-8-10-14-22/h23H,5-13H2,1-4H3/t21-/m1/s1. The Balaban J connectivity index is 1.95. The number of benzene rings is 1. The maximum atomic E-state index is 10.3. The van der Waals surface area contributed by atoms with Crippen LogP contribution in [0.3, 0.4) is 0 Å². The first kappa shape index (κ1) is 18.6. The molecule has 1 heterocycles. The second-order valence-electron chi connectivity index (χ2n) is 7.51. The van der Waals surface area contributed by atoms with Gasteiger partial charge in [0, 0.05) is 12.0 Å². The van der Waals surface area contributed by atoms with Crippen molar-refractivity contribution >= 4 is 0 Å². The number of nitriles is 1. The van der Waals surface area contributed by atoms with Crippen LogP contribution in [0, 0.1) is 32.1 Å². The Kier molecular flexibility index (Phi) is 6.15. The molecule has 2 rings (SSSR count). The van der Waals surface area contributed by atoms with Gasteiger partial charge in [0.05, 0.1) is 6.07 Å². The van der Waals surface area contributed by atoms with Gasteiger partial charge in [-0.05, 0) is 76.5 Å².